The van der Waals surface area contributed by atoms with Crippen molar-refractivity contribution in [2.45, 2.75) is 44.7 Å². The summed E-state index contributed by atoms with van der Waals surface area (Å²) >= 11 is 15.3. The number of allylic oxidation sites excluding steroid dienone is 4. The first kappa shape index (κ1) is 32.4. The number of hydrogen-bond acceptors (Lipinski definition) is 7. The lowest BCUT2D eigenvalue weighted by Crippen LogP contribution is -2.10. The lowest BCUT2D eigenvalue weighted by atomic mass is 10.1. The van der Waals surface area contributed by atoms with E-state index in [0.29, 0.717) is 15.8 Å². The fraction of sp³-hybridized carbons (Fsp3) is 0.407. The Morgan fingerprint density at radius 2 is 1.83 bits per heavy atom. The number of likely N-dealkylation sites (tertiary alicyclic amines) is 1. The maximum absolute atomic E-state index is 9.68. The maximum Gasteiger partial charge on any atom is 0.188 e. The van der Waals surface area contributed by atoms with Crippen molar-refractivity contribution in [3.8, 4) is 5.75 Å². The van der Waals surface area contributed by atoms with Gasteiger partial charge in [-0.1, -0.05) is 49.7 Å². The Bertz CT molecular complexity index is 1020. The van der Waals surface area contributed by atoms with Crippen molar-refractivity contribution in [3.05, 3.63) is 69.3 Å². The monoisotopic (exact) mass is 572 g/mol. The van der Waals surface area contributed by atoms with Gasteiger partial charge in [-0.3, -0.25) is 0 Å². The summed E-state index contributed by atoms with van der Waals surface area (Å²) in [5.74, 6) is 0.562. The van der Waals surface area contributed by atoms with E-state index in [1.54, 1.807) is 42.7 Å². The largest absolute Gasteiger partial charge is 0.506 e. The first-order chi connectivity index (χ1) is 17.2. The van der Waals surface area contributed by atoms with Gasteiger partial charge in [-0.2, -0.15) is 0 Å². The number of nitrogens with one attached hydrogen (secondary N) is 1. The molecule has 5 nitrogen and oxygen atoms in total. The third-order valence-electron chi connectivity index (χ3n) is 5.02. The van der Waals surface area contributed by atoms with Crippen LogP contribution in [0.5, 0.6) is 5.75 Å². The predicted octanol–water partition coefficient (Wildman–Crippen LogP) is 9.10. The van der Waals surface area contributed by atoms with Crippen molar-refractivity contribution >= 4 is 57.7 Å². The molecule has 9 heteroatoms. The summed E-state index contributed by atoms with van der Waals surface area (Å²) in [6.45, 7) is 14.6. The molecule has 3 rings (SSSR count). The summed E-state index contributed by atoms with van der Waals surface area (Å²) in [6.07, 6.45) is 6.56. The topological polar surface area (TPSA) is 54.0 Å². The Morgan fingerprint density at radius 3 is 2.39 bits per heavy atom. The summed E-state index contributed by atoms with van der Waals surface area (Å²) in [5, 5.41) is 10.7. The van der Waals surface area contributed by atoms with E-state index in [2.05, 4.69) is 23.2 Å². The number of benzene rings is 1. The summed E-state index contributed by atoms with van der Waals surface area (Å²) < 4.78 is 14.3. The molecule has 0 aliphatic carbocycles. The number of anilines is 1. The molecule has 0 amide bonds. The third-order valence-corrected chi connectivity index (χ3v) is 7.96. The minimum Gasteiger partial charge on any atom is -0.506 e. The lowest BCUT2D eigenvalue weighted by Gasteiger charge is -2.05. The molecule has 1 aromatic heterocycles. The number of aromatic hydroxyl groups is 1. The molecule has 2 N–H and O–H groups in total. The number of ether oxygens (including phenoxy) is 2. The van der Waals surface area contributed by atoms with Gasteiger partial charge in [0, 0.05) is 18.9 Å². The Morgan fingerprint density at radius 1 is 1.17 bits per heavy atom. The molecule has 1 aromatic carbocycles. The molecule has 0 saturated carbocycles. The molecule has 1 saturated heterocycles. The van der Waals surface area contributed by atoms with Crippen LogP contribution in [0.1, 0.15) is 45.4 Å². The highest BCUT2D eigenvalue weighted by Gasteiger charge is 2.11. The van der Waals surface area contributed by atoms with Crippen LogP contribution in [-0.2, 0) is 9.47 Å². The molecule has 200 valence electrons. The van der Waals surface area contributed by atoms with Crippen LogP contribution in [0, 0.1) is 0 Å². The van der Waals surface area contributed by atoms with Gasteiger partial charge in [-0.15, -0.1) is 11.3 Å². The smallest absolute Gasteiger partial charge is 0.188 e. The summed E-state index contributed by atoms with van der Waals surface area (Å²) in [5.41, 5.74) is 2.87. The van der Waals surface area contributed by atoms with Gasteiger partial charge in [-0.05, 0) is 94.2 Å². The molecule has 1 aliphatic rings. The van der Waals surface area contributed by atoms with Crippen LogP contribution in [0.25, 0.3) is 5.57 Å². The first-order valence-electron chi connectivity index (χ1n) is 11.8. The number of rotatable bonds is 9. The average Bonchev–Trinajstić information content (AvgIpc) is 3.51. The summed E-state index contributed by atoms with van der Waals surface area (Å²) in [6, 6.07) is 6.92. The second kappa shape index (κ2) is 17.8. The van der Waals surface area contributed by atoms with E-state index in [0.717, 1.165) is 25.9 Å². The molecule has 0 unspecified atom stereocenters. The van der Waals surface area contributed by atoms with Gasteiger partial charge in [-0.25, -0.2) is 0 Å². The molecular weight excluding hydrogens is 535 g/mol. The van der Waals surface area contributed by atoms with Gasteiger partial charge in [0.05, 0.1) is 19.1 Å². The second-order valence-corrected chi connectivity index (χ2v) is 10.8. The van der Waals surface area contributed by atoms with Crippen LogP contribution < -0.4 is 4.72 Å². The quantitative estimate of drug-likeness (QED) is 0.135. The number of phenols is 1. The van der Waals surface area contributed by atoms with E-state index in [1.807, 2.05) is 39.8 Å². The van der Waals surface area contributed by atoms with Crippen LogP contribution in [0.2, 0.25) is 10.0 Å². The first-order valence-corrected chi connectivity index (χ1v) is 14.2. The zero-order valence-electron chi connectivity index (χ0n) is 22.0. The number of halogens is 2. The minimum atomic E-state index is 0.0365. The Labute approximate surface area is 234 Å². The average molecular weight is 574 g/mol. The van der Waals surface area contributed by atoms with E-state index >= 15 is 0 Å². The number of methoxy groups -OCH3 is 1. The van der Waals surface area contributed by atoms with Crippen LogP contribution in [-0.4, -0.2) is 44.0 Å². The second-order valence-electron chi connectivity index (χ2n) is 7.78. The highest BCUT2D eigenvalue weighted by Crippen LogP contribution is 2.39. The predicted molar refractivity (Wildman–Crippen MR) is 160 cm³/mol. The molecule has 1 aliphatic heterocycles. The standard InChI is InChI=1S/C20H21Cl2NO3S2.C5H11N.C2H6/c1-12(5-6-13(2)26-11-25-4)14(3)20-17(22)10-19(27-20)28-23-15-7-8-16(21)18(24)9-15;1-6-4-2-3-5-6;1-2/h5-10,23-24H,2,11H2,1,3-4H3;2-5H2,1H3;1-2H3/b6-5-,14-12+;;. The van der Waals surface area contributed by atoms with Crippen molar-refractivity contribution in [2.24, 2.45) is 0 Å². The summed E-state index contributed by atoms with van der Waals surface area (Å²) in [4.78, 5) is 3.36. The molecular formula is C27H38Cl2N2O3S2. The van der Waals surface area contributed by atoms with E-state index in [1.165, 1.54) is 37.9 Å². The molecule has 1 fully saturated rings. The molecule has 36 heavy (non-hydrogen) atoms. The van der Waals surface area contributed by atoms with Crippen molar-refractivity contribution < 1.29 is 14.6 Å². The highest BCUT2D eigenvalue weighted by atomic mass is 35.5. The normalized spacial score (nSPS) is 13.9. The number of nitrogens with zero attached hydrogens (tertiary/aromatic N) is 1. The van der Waals surface area contributed by atoms with E-state index in [-0.39, 0.29) is 12.5 Å². The molecule has 0 radical (unpaired) electrons. The van der Waals surface area contributed by atoms with Crippen molar-refractivity contribution in [1.29, 1.82) is 0 Å². The third kappa shape index (κ3) is 11.6. The van der Waals surface area contributed by atoms with E-state index < -0.39 is 0 Å². The van der Waals surface area contributed by atoms with Gasteiger partial charge < -0.3 is 24.2 Å². The van der Waals surface area contributed by atoms with Crippen LogP contribution >= 0.6 is 46.5 Å². The Hall–Kier alpha value is -1.61. The van der Waals surface area contributed by atoms with Crippen molar-refractivity contribution in [1.82, 2.24) is 4.90 Å². The van der Waals surface area contributed by atoms with Gasteiger partial charge >= 0.3 is 0 Å². The SMILES string of the molecule is C=C(/C=C\C(C)=C(/C)c1sc(SNc2ccc(Cl)c(O)c2)cc1Cl)OCOC.CC.CN1CCCC1. The van der Waals surface area contributed by atoms with Crippen LogP contribution in [0.4, 0.5) is 5.69 Å². The summed E-state index contributed by atoms with van der Waals surface area (Å²) in [7, 11) is 3.73. The molecule has 0 spiro atoms. The fourth-order valence-corrected chi connectivity index (χ4v) is 5.44. The number of thiophene rings is 1. The fourth-order valence-electron chi connectivity index (χ4n) is 2.92. The zero-order valence-corrected chi connectivity index (χ0v) is 25.1. The highest BCUT2D eigenvalue weighted by molar-refractivity contribution is 8.02. The van der Waals surface area contributed by atoms with Crippen LogP contribution in [0.15, 0.2) is 58.5 Å². The molecule has 0 atom stereocenters. The number of phenolic OH excluding ortho intramolecular Hbond substituents is 1. The van der Waals surface area contributed by atoms with Gasteiger partial charge in [0.1, 0.15) is 11.5 Å². The zero-order chi connectivity index (χ0) is 27.1. The minimum absolute atomic E-state index is 0.0365. The lowest BCUT2D eigenvalue weighted by molar-refractivity contribution is 0.0106. The molecule has 2 aromatic rings. The van der Waals surface area contributed by atoms with Crippen molar-refractivity contribution in [2.75, 3.05) is 38.8 Å². The molecule has 0 bridgehead atoms. The van der Waals surface area contributed by atoms with Gasteiger partial charge in [0.25, 0.3) is 0 Å². The Kier molecular flexibility index (Phi) is 16.0. The van der Waals surface area contributed by atoms with Gasteiger partial charge in [0.2, 0.25) is 0 Å². The number of hydrogen-bond donors (Lipinski definition) is 2. The van der Waals surface area contributed by atoms with Gasteiger partial charge in [0.15, 0.2) is 6.79 Å². The molecule has 2 heterocycles. The van der Waals surface area contributed by atoms with E-state index in [9.17, 15) is 5.11 Å². The van der Waals surface area contributed by atoms with Crippen LogP contribution in [0.3, 0.4) is 0 Å². The Balaban J connectivity index is 0.000000694. The van der Waals surface area contributed by atoms with E-state index in [4.69, 9.17) is 32.7 Å². The maximum atomic E-state index is 9.68. The van der Waals surface area contributed by atoms with Crippen molar-refractivity contribution in [3.63, 3.8) is 0 Å².